The van der Waals surface area contributed by atoms with Crippen LogP contribution in [0.4, 0.5) is 0 Å². The summed E-state index contributed by atoms with van der Waals surface area (Å²) < 4.78 is 4.55. The highest BCUT2D eigenvalue weighted by atomic mass is 16.5. The zero-order chi connectivity index (χ0) is 9.90. The number of nitrogens with two attached hydrogens (primary N) is 1. The van der Waals surface area contributed by atoms with E-state index in [1.807, 2.05) is 0 Å². The minimum atomic E-state index is -0.424. The van der Waals surface area contributed by atoms with E-state index in [9.17, 15) is 4.79 Å². The van der Waals surface area contributed by atoms with Crippen LogP contribution in [-0.4, -0.2) is 19.1 Å². The molecule has 0 heterocycles. The molecule has 1 atom stereocenters. The SMILES string of the molecule is COC(=O)C(N)CCCC1(C)CC1. The molecule has 1 rings (SSSR count). The van der Waals surface area contributed by atoms with Crippen LogP contribution in [0.3, 0.4) is 0 Å². The molecule has 0 spiro atoms. The number of hydrogen-bond donors (Lipinski definition) is 1. The van der Waals surface area contributed by atoms with Crippen LogP contribution in [0.15, 0.2) is 0 Å². The normalized spacial score (nSPS) is 20.8. The lowest BCUT2D eigenvalue weighted by Crippen LogP contribution is -2.31. The fraction of sp³-hybridized carbons (Fsp3) is 0.900. The molecule has 0 aromatic carbocycles. The van der Waals surface area contributed by atoms with Gasteiger partial charge in [-0.25, -0.2) is 0 Å². The molecule has 76 valence electrons. The van der Waals surface area contributed by atoms with Gasteiger partial charge >= 0.3 is 5.97 Å². The number of carbonyl (C=O) groups excluding carboxylic acids is 1. The first-order valence-corrected chi connectivity index (χ1v) is 4.91. The van der Waals surface area contributed by atoms with Crippen molar-refractivity contribution in [2.75, 3.05) is 7.11 Å². The highest BCUT2D eigenvalue weighted by Crippen LogP contribution is 2.49. The number of rotatable bonds is 5. The monoisotopic (exact) mass is 185 g/mol. The Kier molecular flexibility index (Phi) is 3.31. The fourth-order valence-electron chi connectivity index (χ4n) is 1.48. The Balaban J connectivity index is 2.08. The Morgan fingerprint density at radius 1 is 1.62 bits per heavy atom. The smallest absolute Gasteiger partial charge is 0.322 e. The van der Waals surface area contributed by atoms with Gasteiger partial charge in [-0.05, 0) is 31.1 Å². The van der Waals surface area contributed by atoms with E-state index in [0.29, 0.717) is 5.41 Å². The third-order valence-corrected chi connectivity index (χ3v) is 2.90. The highest BCUT2D eigenvalue weighted by Gasteiger charge is 2.36. The van der Waals surface area contributed by atoms with Gasteiger partial charge < -0.3 is 10.5 Å². The minimum absolute atomic E-state index is 0.291. The second-order valence-corrected chi connectivity index (χ2v) is 4.33. The maximum Gasteiger partial charge on any atom is 0.322 e. The minimum Gasteiger partial charge on any atom is -0.468 e. The van der Waals surface area contributed by atoms with Crippen LogP contribution in [0.5, 0.6) is 0 Å². The van der Waals surface area contributed by atoms with E-state index < -0.39 is 6.04 Å². The van der Waals surface area contributed by atoms with Crippen LogP contribution in [0.1, 0.15) is 39.0 Å². The summed E-state index contributed by atoms with van der Waals surface area (Å²) in [6, 6.07) is -0.424. The summed E-state index contributed by atoms with van der Waals surface area (Å²) in [7, 11) is 1.38. The van der Waals surface area contributed by atoms with Crippen LogP contribution in [-0.2, 0) is 9.53 Å². The molecule has 1 unspecified atom stereocenters. The zero-order valence-corrected chi connectivity index (χ0v) is 8.51. The molecule has 3 heteroatoms. The van der Waals surface area contributed by atoms with Crippen LogP contribution < -0.4 is 5.73 Å². The summed E-state index contributed by atoms with van der Waals surface area (Å²) in [5, 5.41) is 0. The summed E-state index contributed by atoms with van der Waals surface area (Å²) in [5.74, 6) is -0.291. The largest absolute Gasteiger partial charge is 0.468 e. The van der Waals surface area contributed by atoms with Crippen molar-refractivity contribution in [2.45, 2.75) is 45.1 Å². The summed E-state index contributed by atoms with van der Waals surface area (Å²) in [6.45, 7) is 2.29. The third kappa shape index (κ3) is 3.35. The van der Waals surface area contributed by atoms with Crippen LogP contribution in [0.2, 0.25) is 0 Å². The van der Waals surface area contributed by atoms with Gasteiger partial charge in [0.15, 0.2) is 0 Å². The van der Waals surface area contributed by atoms with Crippen LogP contribution in [0, 0.1) is 5.41 Å². The molecule has 1 saturated carbocycles. The zero-order valence-electron chi connectivity index (χ0n) is 8.51. The van der Waals surface area contributed by atoms with Crippen molar-refractivity contribution in [3.63, 3.8) is 0 Å². The molecule has 13 heavy (non-hydrogen) atoms. The Morgan fingerprint density at radius 3 is 2.69 bits per heavy atom. The van der Waals surface area contributed by atoms with E-state index in [1.54, 1.807) is 0 Å². The number of hydrogen-bond acceptors (Lipinski definition) is 3. The molecule has 0 saturated heterocycles. The average Bonchev–Trinajstić information content (AvgIpc) is 2.82. The number of methoxy groups -OCH3 is 1. The molecular weight excluding hydrogens is 166 g/mol. The Hall–Kier alpha value is -0.570. The van der Waals surface area contributed by atoms with Gasteiger partial charge in [0.2, 0.25) is 0 Å². The molecule has 0 aliphatic heterocycles. The van der Waals surface area contributed by atoms with Gasteiger partial charge in [-0.2, -0.15) is 0 Å². The Labute approximate surface area is 79.6 Å². The van der Waals surface area contributed by atoms with Gasteiger partial charge in [0, 0.05) is 0 Å². The van der Waals surface area contributed by atoms with Crippen molar-refractivity contribution < 1.29 is 9.53 Å². The maximum absolute atomic E-state index is 10.9. The molecule has 1 fully saturated rings. The van der Waals surface area contributed by atoms with Gasteiger partial charge in [0.05, 0.1) is 7.11 Å². The third-order valence-electron chi connectivity index (χ3n) is 2.90. The Bertz CT molecular complexity index is 187. The number of carbonyl (C=O) groups is 1. The fourth-order valence-corrected chi connectivity index (χ4v) is 1.48. The second kappa shape index (κ2) is 4.09. The van der Waals surface area contributed by atoms with Crippen molar-refractivity contribution in [1.29, 1.82) is 0 Å². The van der Waals surface area contributed by atoms with Gasteiger partial charge in [-0.1, -0.05) is 13.3 Å². The summed E-state index contributed by atoms with van der Waals surface area (Å²) in [4.78, 5) is 10.9. The second-order valence-electron chi connectivity index (χ2n) is 4.33. The number of esters is 1. The first kappa shape index (κ1) is 10.5. The molecule has 1 aliphatic rings. The van der Waals surface area contributed by atoms with Crippen molar-refractivity contribution in [1.82, 2.24) is 0 Å². The summed E-state index contributed by atoms with van der Waals surface area (Å²) >= 11 is 0. The van der Waals surface area contributed by atoms with E-state index in [2.05, 4.69) is 11.7 Å². The van der Waals surface area contributed by atoms with E-state index in [1.165, 1.54) is 26.4 Å². The van der Waals surface area contributed by atoms with Gasteiger partial charge in [-0.3, -0.25) is 4.79 Å². The van der Waals surface area contributed by atoms with E-state index >= 15 is 0 Å². The molecule has 0 bridgehead atoms. The van der Waals surface area contributed by atoms with Crippen molar-refractivity contribution in [3.8, 4) is 0 Å². The van der Waals surface area contributed by atoms with E-state index in [-0.39, 0.29) is 5.97 Å². The predicted octanol–water partition coefficient (Wildman–Crippen LogP) is 1.46. The lowest BCUT2D eigenvalue weighted by atomic mass is 9.99. The standard InChI is InChI=1S/C10H19NO2/c1-10(6-7-10)5-3-4-8(11)9(12)13-2/h8H,3-7,11H2,1-2H3. The number of ether oxygens (including phenoxy) is 1. The molecule has 0 aromatic rings. The van der Waals surface area contributed by atoms with Gasteiger partial charge in [-0.15, -0.1) is 0 Å². The van der Waals surface area contributed by atoms with E-state index in [4.69, 9.17) is 5.73 Å². The molecule has 1 aliphatic carbocycles. The topological polar surface area (TPSA) is 52.3 Å². The lowest BCUT2D eigenvalue weighted by molar-refractivity contribution is -0.142. The van der Waals surface area contributed by atoms with Crippen LogP contribution >= 0.6 is 0 Å². The molecule has 0 radical (unpaired) electrons. The predicted molar refractivity (Wildman–Crippen MR) is 51.2 cm³/mol. The first-order valence-electron chi connectivity index (χ1n) is 4.91. The Morgan fingerprint density at radius 2 is 2.23 bits per heavy atom. The summed E-state index contributed by atoms with van der Waals surface area (Å²) in [6.07, 6.45) is 5.65. The maximum atomic E-state index is 10.9. The van der Waals surface area contributed by atoms with Crippen molar-refractivity contribution >= 4 is 5.97 Å². The van der Waals surface area contributed by atoms with Crippen molar-refractivity contribution in [3.05, 3.63) is 0 Å². The quantitative estimate of drug-likeness (QED) is 0.660. The lowest BCUT2D eigenvalue weighted by Gasteiger charge is -2.11. The van der Waals surface area contributed by atoms with E-state index in [0.717, 1.165) is 12.8 Å². The summed E-state index contributed by atoms with van der Waals surface area (Å²) in [5.41, 5.74) is 6.17. The van der Waals surface area contributed by atoms with Gasteiger partial charge in [0.25, 0.3) is 0 Å². The van der Waals surface area contributed by atoms with Crippen molar-refractivity contribution in [2.24, 2.45) is 11.1 Å². The molecule has 2 N–H and O–H groups in total. The average molecular weight is 185 g/mol. The molecule has 3 nitrogen and oxygen atoms in total. The first-order chi connectivity index (χ1) is 6.07. The molecule has 0 aromatic heterocycles. The van der Waals surface area contributed by atoms with Gasteiger partial charge in [0.1, 0.15) is 6.04 Å². The molecule has 0 amide bonds. The molecular formula is C10H19NO2. The highest BCUT2D eigenvalue weighted by molar-refractivity contribution is 5.75. The van der Waals surface area contributed by atoms with Crippen LogP contribution in [0.25, 0.3) is 0 Å².